The molecular weight excluding hydrogens is 307 g/mol. The molecule has 2 nitrogen and oxygen atoms in total. The Kier molecular flexibility index (Phi) is 6.21. The minimum absolute atomic E-state index is 0.395. The molecule has 0 N–H and O–H groups in total. The molecule has 0 saturated carbocycles. The zero-order valence-electron chi connectivity index (χ0n) is 11.9. The summed E-state index contributed by atoms with van der Waals surface area (Å²) in [5.74, 6) is 1.92. The number of halogens is 2. The van der Waals surface area contributed by atoms with Crippen molar-refractivity contribution in [3.05, 3.63) is 58.6 Å². The van der Waals surface area contributed by atoms with E-state index in [-0.39, 0.29) is 0 Å². The summed E-state index contributed by atoms with van der Waals surface area (Å²) < 4.78 is 11.5. The highest BCUT2D eigenvalue weighted by Crippen LogP contribution is 2.28. The van der Waals surface area contributed by atoms with Gasteiger partial charge in [-0.1, -0.05) is 42.8 Å². The maximum absolute atomic E-state index is 6.13. The summed E-state index contributed by atoms with van der Waals surface area (Å²) in [6.07, 6.45) is 0.965. The lowest BCUT2D eigenvalue weighted by Gasteiger charge is -2.13. The Labute approximate surface area is 135 Å². The van der Waals surface area contributed by atoms with E-state index in [1.54, 1.807) is 0 Å². The quantitative estimate of drug-likeness (QED) is 0.631. The molecule has 21 heavy (non-hydrogen) atoms. The van der Waals surface area contributed by atoms with Crippen molar-refractivity contribution in [1.82, 2.24) is 0 Å². The number of hydrogen-bond donors (Lipinski definition) is 0. The van der Waals surface area contributed by atoms with E-state index in [2.05, 4.69) is 6.92 Å². The zero-order chi connectivity index (χ0) is 15.1. The molecular formula is C17H18Cl2O2. The van der Waals surface area contributed by atoms with Crippen LogP contribution < -0.4 is 9.47 Å². The molecule has 0 spiro atoms. The molecule has 0 aromatic heterocycles. The highest BCUT2D eigenvalue weighted by Gasteiger charge is 2.07. The third kappa shape index (κ3) is 4.55. The molecule has 0 heterocycles. The van der Waals surface area contributed by atoms with Gasteiger partial charge in [0, 0.05) is 22.2 Å². The Morgan fingerprint density at radius 3 is 2.52 bits per heavy atom. The van der Waals surface area contributed by atoms with Crippen LogP contribution in [0.15, 0.2) is 42.5 Å². The van der Waals surface area contributed by atoms with Crippen molar-refractivity contribution in [1.29, 1.82) is 0 Å². The summed E-state index contributed by atoms with van der Waals surface area (Å²) in [4.78, 5) is 0. The fraction of sp³-hybridized carbons (Fsp3) is 0.294. The Bertz CT molecular complexity index is 585. The van der Waals surface area contributed by atoms with Gasteiger partial charge in [0.15, 0.2) is 0 Å². The van der Waals surface area contributed by atoms with Gasteiger partial charge in [-0.25, -0.2) is 0 Å². The van der Waals surface area contributed by atoms with Gasteiger partial charge in [-0.3, -0.25) is 0 Å². The predicted molar refractivity (Wildman–Crippen MR) is 87.6 cm³/mol. The molecule has 0 aliphatic heterocycles. The van der Waals surface area contributed by atoms with Crippen LogP contribution in [0.1, 0.15) is 24.5 Å². The first-order valence-corrected chi connectivity index (χ1v) is 7.83. The first kappa shape index (κ1) is 16.0. The van der Waals surface area contributed by atoms with E-state index >= 15 is 0 Å². The summed E-state index contributed by atoms with van der Waals surface area (Å²) >= 11 is 12.1. The predicted octanol–water partition coefficient (Wildman–Crippen LogP) is 5.45. The minimum atomic E-state index is 0.395. The summed E-state index contributed by atoms with van der Waals surface area (Å²) in [6.45, 7) is 3.16. The number of alkyl halides is 1. The maximum atomic E-state index is 6.13. The number of ether oxygens (including phenoxy) is 2. The standard InChI is InChI=1S/C17H18Cl2O2/c1-2-9-20-15-8-7-13(11-18)17(10-15)21-12-14-5-3-4-6-16(14)19/h3-8,10H,2,9,11-12H2,1H3. The second-order valence-electron chi connectivity index (χ2n) is 4.63. The zero-order valence-corrected chi connectivity index (χ0v) is 13.5. The van der Waals surface area contributed by atoms with Crippen molar-refractivity contribution in [3.63, 3.8) is 0 Å². The lowest BCUT2D eigenvalue weighted by Crippen LogP contribution is -2.00. The van der Waals surface area contributed by atoms with Gasteiger partial charge in [0.05, 0.1) is 12.5 Å². The van der Waals surface area contributed by atoms with E-state index in [1.165, 1.54) is 0 Å². The monoisotopic (exact) mass is 324 g/mol. The van der Waals surface area contributed by atoms with Crippen LogP contribution in [0, 0.1) is 0 Å². The largest absolute Gasteiger partial charge is 0.493 e. The van der Waals surface area contributed by atoms with Crippen molar-refractivity contribution in [3.8, 4) is 11.5 Å². The Morgan fingerprint density at radius 2 is 1.81 bits per heavy atom. The van der Waals surface area contributed by atoms with Crippen LogP contribution in [0.3, 0.4) is 0 Å². The van der Waals surface area contributed by atoms with Crippen molar-refractivity contribution in [2.45, 2.75) is 25.8 Å². The molecule has 112 valence electrons. The lowest BCUT2D eigenvalue weighted by atomic mass is 10.2. The van der Waals surface area contributed by atoms with Crippen LogP contribution in [0.4, 0.5) is 0 Å². The number of hydrogen-bond acceptors (Lipinski definition) is 2. The average Bonchev–Trinajstić information content (AvgIpc) is 2.52. The third-order valence-corrected chi connectivity index (χ3v) is 3.65. The van der Waals surface area contributed by atoms with E-state index in [9.17, 15) is 0 Å². The number of benzene rings is 2. The normalized spacial score (nSPS) is 10.4. The average molecular weight is 325 g/mol. The maximum Gasteiger partial charge on any atom is 0.127 e. The molecule has 0 atom stereocenters. The van der Waals surface area contributed by atoms with E-state index in [4.69, 9.17) is 32.7 Å². The summed E-state index contributed by atoms with van der Waals surface area (Å²) in [5.41, 5.74) is 1.88. The van der Waals surface area contributed by atoms with Gasteiger partial charge in [-0.05, 0) is 18.6 Å². The van der Waals surface area contributed by atoms with Gasteiger partial charge in [0.2, 0.25) is 0 Å². The van der Waals surface area contributed by atoms with Gasteiger partial charge in [-0.2, -0.15) is 0 Å². The molecule has 0 amide bonds. The van der Waals surface area contributed by atoms with E-state index in [0.29, 0.717) is 24.1 Å². The topological polar surface area (TPSA) is 18.5 Å². The molecule has 2 aromatic rings. The fourth-order valence-corrected chi connectivity index (χ4v) is 2.27. The van der Waals surface area contributed by atoms with E-state index < -0.39 is 0 Å². The van der Waals surface area contributed by atoms with Crippen molar-refractivity contribution in [2.75, 3.05) is 6.61 Å². The smallest absolute Gasteiger partial charge is 0.127 e. The first-order valence-electron chi connectivity index (χ1n) is 6.92. The van der Waals surface area contributed by atoms with Gasteiger partial charge < -0.3 is 9.47 Å². The second-order valence-corrected chi connectivity index (χ2v) is 5.31. The molecule has 0 fully saturated rings. The molecule has 4 heteroatoms. The van der Waals surface area contributed by atoms with Crippen LogP contribution >= 0.6 is 23.2 Å². The van der Waals surface area contributed by atoms with Crippen LogP contribution in [0.5, 0.6) is 11.5 Å². The van der Waals surface area contributed by atoms with Crippen molar-refractivity contribution < 1.29 is 9.47 Å². The molecule has 0 saturated heterocycles. The first-order chi connectivity index (χ1) is 10.2. The molecule has 0 radical (unpaired) electrons. The summed E-state index contributed by atoms with van der Waals surface area (Å²) in [6, 6.07) is 13.4. The molecule has 2 rings (SSSR count). The number of rotatable bonds is 7. The van der Waals surface area contributed by atoms with Crippen molar-refractivity contribution in [2.24, 2.45) is 0 Å². The van der Waals surface area contributed by atoms with Crippen LogP contribution in [0.2, 0.25) is 5.02 Å². The van der Waals surface area contributed by atoms with Gasteiger partial charge in [-0.15, -0.1) is 11.6 Å². The van der Waals surface area contributed by atoms with Crippen LogP contribution in [-0.2, 0) is 12.5 Å². The molecule has 0 aliphatic rings. The van der Waals surface area contributed by atoms with Gasteiger partial charge >= 0.3 is 0 Å². The Morgan fingerprint density at radius 1 is 1.00 bits per heavy atom. The SMILES string of the molecule is CCCOc1ccc(CCl)c(OCc2ccccc2Cl)c1. The molecule has 2 aromatic carbocycles. The Balaban J connectivity index is 2.12. The van der Waals surface area contributed by atoms with Gasteiger partial charge in [0.1, 0.15) is 18.1 Å². The van der Waals surface area contributed by atoms with E-state index in [0.717, 1.165) is 29.0 Å². The fourth-order valence-electron chi connectivity index (χ4n) is 1.86. The lowest BCUT2D eigenvalue weighted by molar-refractivity contribution is 0.293. The van der Waals surface area contributed by atoms with Crippen molar-refractivity contribution >= 4 is 23.2 Å². The van der Waals surface area contributed by atoms with Crippen LogP contribution in [0.25, 0.3) is 0 Å². The molecule has 0 bridgehead atoms. The second kappa shape index (κ2) is 8.16. The minimum Gasteiger partial charge on any atom is -0.493 e. The Hall–Kier alpha value is -1.38. The van der Waals surface area contributed by atoms with Crippen LogP contribution in [-0.4, -0.2) is 6.61 Å². The summed E-state index contributed by atoms with van der Waals surface area (Å²) in [5, 5.41) is 0.698. The molecule has 0 unspecified atom stereocenters. The third-order valence-electron chi connectivity index (χ3n) is 3.00. The van der Waals surface area contributed by atoms with E-state index in [1.807, 2.05) is 42.5 Å². The highest BCUT2D eigenvalue weighted by molar-refractivity contribution is 6.31. The summed E-state index contributed by atoms with van der Waals surface area (Å²) in [7, 11) is 0. The molecule has 0 aliphatic carbocycles. The highest BCUT2D eigenvalue weighted by atomic mass is 35.5. The van der Waals surface area contributed by atoms with Gasteiger partial charge in [0.25, 0.3) is 0 Å².